The molecule has 0 aliphatic heterocycles. The van der Waals surface area contributed by atoms with E-state index in [-0.39, 0.29) is 0 Å². The Morgan fingerprint density at radius 3 is 2.80 bits per heavy atom. The highest BCUT2D eigenvalue weighted by atomic mass is 32.1. The van der Waals surface area contributed by atoms with Crippen molar-refractivity contribution < 1.29 is 5.11 Å². The van der Waals surface area contributed by atoms with Crippen molar-refractivity contribution in [3.05, 3.63) is 46.4 Å². The third-order valence-corrected chi connectivity index (χ3v) is 4.59. The molecule has 2 aromatic rings. The van der Waals surface area contributed by atoms with Crippen LogP contribution in [0.15, 0.2) is 35.8 Å². The predicted octanol–water partition coefficient (Wildman–Crippen LogP) is 3.76. The van der Waals surface area contributed by atoms with Gasteiger partial charge in [-0.1, -0.05) is 13.0 Å². The van der Waals surface area contributed by atoms with Crippen LogP contribution in [0.1, 0.15) is 42.9 Å². The van der Waals surface area contributed by atoms with Crippen LogP contribution in [-0.2, 0) is 6.54 Å². The Balaban J connectivity index is 1.77. The van der Waals surface area contributed by atoms with Crippen LogP contribution in [0.5, 0.6) is 0 Å². The van der Waals surface area contributed by atoms with E-state index in [2.05, 4.69) is 33.5 Å². The van der Waals surface area contributed by atoms with Crippen LogP contribution in [0, 0.1) is 0 Å². The van der Waals surface area contributed by atoms with Gasteiger partial charge in [-0.25, -0.2) is 0 Å². The van der Waals surface area contributed by atoms with Gasteiger partial charge in [-0.2, -0.15) is 0 Å². The SMILES string of the molecule is CC[C@@H](O)c1ccc(N(Cc2cccs2)C2CC2)cn1. The first-order valence-electron chi connectivity index (χ1n) is 7.21. The standard InChI is InChI=1S/C16H20N2OS/c1-2-16(19)15-8-7-13(10-17-15)18(12-5-6-12)11-14-4-3-9-20-14/h3-4,7-10,12,16,19H,2,5-6,11H2,1H3/t16-/m1/s1. The number of hydrogen-bond donors (Lipinski definition) is 1. The van der Waals surface area contributed by atoms with Gasteiger partial charge in [0.2, 0.25) is 0 Å². The second-order valence-electron chi connectivity index (χ2n) is 5.30. The van der Waals surface area contributed by atoms with Gasteiger partial charge in [0.15, 0.2) is 0 Å². The van der Waals surface area contributed by atoms with Crippen molar-refractivity contribution in [2.24, 2.45) is 0 Å². The van der Waals surface area contributed by atoms with Gasteiger partial charge >= 0.3 is 0 Å². The molecule has 4 heteroatoms. The smallest absolute Gasteiger partial charge is 0.0957 e. The van der Waals surface area contributed by atoms with E-state index < -0.39 is 6.10 Å². The normalized spacial score (nSPS) is 16.1. The van der Waals surface area contributed by atoms with Crippen molar-refractivity contribution >= 4 is 17.0 Å². The van der Waals surface area contributed by atoms with Crippen molar-refractivity contribution in [2.75, 3.05) is 4.90 Å². The molecule has 1 saturated carbocycles. The maximum atomic E-state index is 9.81. The first kappa shape index (κ1) is 13.6. The number of aliphatic hydroxyl groups is 1. The molecule has 0 spiro atoms. The first-order valence-corrected chi connectivity index (χ1v) is 8.09. The molecule has 20 heavy (non-hydrogen) atoms. The highest BCUT2D eigenvalue weighted by molar-refractivity contribution is 7.09. The molecule has 0 unspecified atom stereocenters. The van der Waals surface area contributed by atoms with Crippen molar-refractivity contribution in [1.29, 1.82) is 0 Å². The number of pyridine rings is 1. The fourth-order valence-corrected chi connectivity index (χ4v) is 3.06. The lowest BCUT2D eigenvalue weighted by atomic mass is 10.2. The molecule has 0 aromatic carbocycles. The molecule has 2 heterocycles. The second kappa shape index (κ2) is 5.94. The summed E-state index contributed by atoms with van der Waals surface area (Å²) >= 11 is 1.80. The number of aliphatic hydroxyl groups excluding tert-OH is 1. The number of thiophene rings is 1. The Kier molecular flexibility index (Phi) is 4.03. The molecule has 0 amide bonds. The lowest BCUT2D eigenvalue weighted by Gasteiger charge is -2.24. The minimum absolute atomic E-state index is 0.448. The zero-order chi connectivity index (χ0) is 13.9. The van der Waals surface area contributed by atoms with Gasteiger partial charge < -0.3 is 10.0 Å². The van der Waals surface area contributed by atoms with E-state index in [1.165, 1.54) is 17.7 Å². The molecular formula is C16H20N2OS. The summed E-state index contributed by atoms with van der Waals surface area (Å²) in [5.41, 5.74) is 1.93. The minimum Gasteiger partial charge on any atom is -0.387 e. The molecule has 0 radical (unpaired) electrons. The monoisotopic (exact) mass is 288 g/mol. The zero-order valence-corrected chi connectivity index (χ0v) is 12.5. The number of aromatic nitrogens is 1. The molecule has 1 fully saturated rings. The Morgan fingerprint density at radius 2 is 2.25 bits per heavy atom. The third-order valence-electron chi connectivity index (χ3n) is 3.72. The Bertz CT molecular complexity index is 534. The number of rotatable bonds is 6. The van der Waals surface area contributed by atoms with E-state index in [0.717, 1.165) is 17.9 Å². The summed E-state index contributed by atoms with van der Waals surface area (Å²) < 4.78 is 0. The Morgan fingerprint density at radius 1 is 1.40 bits per heavy atom. The maximum Gasteiger partial charge on any atom is 0.0957 e. The highest BCUT2D eigenvalue weighted by Gasteiger charge is 2.29. The third kappa shape index (κ3) is 3.02. The van der Waals surface area contributed by atoms with E-state index in [4.69, 9.17) is 0 Å². The highest BCUT2D eigenvalue weighted by Crippen LogP contribution is 2.33. The zero-order valence-electron chi connectivity index (χ0n) is 11.7. The van der Waals surface area contributed by atoms with E-state index in [0.29, 0.717) is 12.5 Å². The summed E-state index contributed by atoms with van der Waals surface area (Å²) in [4.78, 5) is 8.24. The Hall–Kier alpha value is -1.39. The van der Waals surface area contributed by atoms with Gasteiger partial charge in [0, 0.05) is 10.9 Å². The van der Waals surface area contributed by atoms with Crippen LogP contribution in [0.2, 0.25) is 0 Å². The number of nitrogens with zero attached hydrogens (tertiary/aromatic N) is 2. The summed E-state index contributed by atoms with van der Waals surface area (Å²) in [5, 5.41) is 11.9. The lowest BCUT2D eigenvalue weighted by Crippen LogP contribution is -2.24. The summed E-state index contributed by atoms with van der Waals surface area (Å²) in [6.07, 6.45) is 4.69. The van der Waals surface area contributed by atoms with E-state index in [1.807, 2.05) is 19.2 Å². The van der Waals surface area contributed by atoms with Gasteiger partial charge in [0.1, 0.15) is 0 Å². The second-order valence-corrected chi connectivity index (χ2v) is 6.34. The van der Waals surface area contributed by atoms with Crippen LogP contribution in [0.3, 0.4) is 0 Å². The molecule has 1 aliphatic carbocycles. The quantitative estimate of drug-likeness (QED) is 0.879. The fourth-order valence-electron chi connectivity index (χ4n) is 2.36. The summed E-state index contributed by atoms with van der Waals surface area (Å²) in [6.45, 7) is 2.92. The summed E-state index contributed by atoms with van der Waals surface area (Å²) in [7, 11) is 0. The average molecular weight is 288 g/mol. The van der Waals surface area contributed by atoms with Crippen LogP contribution in [0.4, 0.5) is 5.69 Å². The van der Waals surface area contributed by atoms with Crippen molar-refractivity contribution in [1.82, 2.24) is 4.98 Å². The summed E-state index contributed by atoms with van der Waals surface area (Å²) in [6, 6.07) is 8.98. The van der Waals surface area contributed by atoms with Crippen molar-refractivity contribution in [3.63, 3.8) is 0 Å². The molecule has 106 valence electrons. The molecule has 1 N–H and O–H groups in total. The van der Waals surface area contributed by atoms with Gasteiger partial charge in [0.05, 0.1) is 30.2 Å². The van der Waals surface area contributed by atoms with Gasteiger partial charge in [-0.05, 0) is 42.8 Å². The molecule has 3 rings (SSSR count). The van der Waals surface area contributed by atoms with Crippen molar-refractivity contribution in [2.45, 2.75) is 44.9 Å². The van der Waals surface area contributed by atoms with E-state index in [9.17, 15) is 5.11 Å². The van der Waals surface area contributed by atoms with Gasteiger partial charge in [-0.3, -0.25) is 4.98 Å². The fraction of sp³-hybridized carbons (Fsp3) is 0.438. The molecular weight excluding hydrogens is 268 g/mol. The van der Waals surface area contributed by atoms with Crippen LogP contribution in [-0.4, -0.2) is 16.1 Å². The Labute approximate surface area is 123 Å². The van der Waals surface area contributed by atoms with Crippen LogP contribution < -0.4 is 4.90 Å². The minimum atomic E-state index is -0.448. The van der Waals surface area contributed by atoms with E-state index >= 15 is 0 Å². The van der Waals surface area contributed by atoms with E-state index in [1.54, 1.807) is 11.3 Å². The molecule has 1 atom stereocenters. The van der Waals surface area contributed by atoms with Crippen LogP contribution >= 0.6 is 11.3 Å². The molecule has 1 aliphatic rings. The largest absolute Gasteiger partial charge is 0.387 e. The maximum absolute atomic E-state index is 9.81. The topological polar surface area (TPSA) is 36.4 Å². The first-order chi connectivity index (χ1) is 9.78. The summed E-state index contributed by atoms with van der Waals surface area (Å²) in [5.74, 6) is 0. The molecule has 0 saturated heterocycles. The molecule has 3 nitrogen and oxygen atoms in total. The molecule has 0 bridgehead atoms. The van der Waals surface area contributed by atoms with Gasteiger partial charge in [0.25, 0.3) is 0 Å². The molecule has 2 aromatic heterocycles. The van der Waals surface area contributed by atoms with Crippen molar-refractivity contribution in [3.8, 4) is 0 Å². The average Bonchev–Trinajstić information content (AvgIpc) is 3.21. The predicted molar refractivity (Wildman–Crippen MR) is 83.0 cm³/mol. The number of hydrogen-bond acceptors (Lipinski definition) is 4. The number of anilines is 1. The van der Waals surface area contributed by atoms with Crippen LogP contribution in [0.25, 0.3) is 0 Å². The van der Waals surface area contributed by atoms with Gasteiger partial charge in [-0.15, -0.1) is 11.3 Å². The lowest BCUT2D eigenvalue weighted by molar-refractivity contribution is 0.169.